The number of aromatic nitrogens is 2. The van der Waals surface area contributed by atoms with Gasteiger partial charge in [0.2, 0.25) is 0 Å². The van der Waals surface area contributed by atoms with E-state index in [4.69, 9.17) is 0 Å². The quantitative estimate of drug-likeness (QED) is 0.782. The molecule has 2 heterocycles. The molecule has 1 aromatic rings. The summed E-state index contributed by atoms with van der Waals surface area (Å²) in [6.45, 7) is 3.22. The van der Waals surface area contributed by atoms with Crippen LogP contribution in [0.4, 0.5) is 5.82 Å². The highest BCUT2D eigenvalue weighted by Crippen LogP contribution is 2.37. The molecule has 1 spiro atoms. The molecule has 18 heavy (non-hydrogen) atoms. The molecule has 0 bridgehead atoms. The minimum atomic E-state index is 0.296. The van der Waals surface area contributed by atoms with Crippen molar-refractivity contribution in [2.45, 2.75) is 37.6 Å². The summed E-state index contributed by atoms with van der Waals surface area (Å²) in [5, 5.41) is 3.58. The largest absolute Gasteiger partial charge is 0.347 e. The second-order valence-electron chi connectivity index (χ2n) is 5.31. The van der Waals surface area contributed by atoms with E-state index in [0.717, 1.165) is 25.5 Å². The van der Waals surface area contributed by atoms with Crippen LogP contribution in [0.2, 0.25) is 0 Å². The molecule has 3 rings (SSSR count). The van der Waals surface area contributed by atoms with Crippen molar-refractivity contribution in [3.05, 3.63) is 16.1 Å². The monoisotopic (exact) mass is 358 g/mol. The summed E-state index contributed by atoms with van der Waals surface area (Å²) in [7, 11) is 0. The Bertz CT molecular complexity index is 409. The Morgan fingerprint density at radius 1 is 1.28 bits per heavy atom. The van der Waals surface area contributed by atoms with Crippen molar-refractivity contribution >= 4 is 28.4 Å². The van der Waals surface area contributed by atoms with Gasteiger partial charge in [-0.3, -0.25) is 0 Å². The van der Waals surface area contributed by atoms with Crippen LogP contribution in [0.15, 0.2) is 12.5 Å². The normalized spacial score (nSPS) is 23.3. The Kier molecular flexibility index (Phi) is 3.70. The lowest BCUT2D eigenvalue weighted by Crippen LogP contribution is -2.62. The van der Waals surface area contributed by atoms with Crippen molar-refractivity contribution in [2.75, 3.05) is 24.5 Å². The van der Waals surface area contributed by atoms with E-state index in [-0.39, 0.29) is 0 Å². The van der Waals surface area contributed by atoms with Gasteiger partial charge < -0.3 is 10.2 Å². The lowest BCUT2D eigenvalue weighted by molar-refractivity contribution is 0.239. The molecule has 0 unspecified atom stereocenters. The smallest absolute Gasteiger partial charge is 0.146 e. The van der Waals surface area contributed by atoms with Crippen LogP contribution in [-0.4, -0.2) is 35.1 Å². The molecule has 5 heteroatoms. The van der Waals surface area contributed by atoms with Gasteiger partial charge in [0, 0.05) is 25.8 Å². The molecule has 98 valence electrons. The lowest BCUT2D eigenvalue weighted by Gasteiger charge is -2.50. The predicted molar refractivity (Wildman–Crippen MR) is 80.8 cm³/mol. The average Bonchev–Trinajstić information content (AvgIpc) is 2.41. The molecule has 4 nitrogen and oxygen atoms in total. The van der Waals surface area contributed by atoms with E-state index in [1.165, 1.54) is 35.7 Å². The molecule has 2 aliphatic rings. The summed E-state index contributed by atoms with van der Waals surface area (Å²) in [4.78, 5) is 11.2. The standard InChI is InChI=1S/C13H19IN4/c14-11-8-16-10-17-12(11)18-7-6-15-9-13(18)4-2-1-3-5-13/h8,10,15H,1-7,9H2. The Morgan fingerprint density at radius 3 is 2.89 bits per heavy atom. The number of nitrogens with one attached hydrogen (secondary N) is 1. The number of hydrogen-bond acceptors (Lipinski definition) is 4. The highest BCUT2D eigenvalue weighted by molar-refractivity contribution is 14.1. The van der Waals surface area contributed by atoms with Crippen LogP contribution < -0.4 is 10.2 Å². The third-order valence-electron chi connectivity index (χ3n) is 4.23. The van der Waals surface area contributed by atoms with Crippen LogP contribution in [0, 0.1) is 3.57 Å². The molecule has 1 aromatic heterocycles. The second-order valence-corrected chi connectivity index (χ2v) is 6.47. The van der Waals surface area contributed by atoms with Crippen LogP contribution in [0.25, 0.3) is 0 Å². The summed E-state index contributed by atoms with van der Waals surface area (Å²) in [6.07, 6.45) is 10.3. The Balaban J connectivity index is 1.94. The van der Waals surface area contributed by atoms with E-state index >= 15 is 0 Å². The van der Waals surface area contributed by atoms with E-state index in [1.54, 1.807) is 6.33 Å². The summed E-state index contributed by atoms with van der Waals surface area (Å²) in [5.74, 6) is 1.13. The van der Waals surface area contributed by atoms with Crippen molar-refractivity contribution in [1.29, 1.82) is 0 Å². The van der Waals surface area contributed by atoms with Gasteiger partial charge in [0.15, 0.2) is 0 Å². The van der Waals surface area contributed by atoms with Gasteiger partial charge in [-0.1, -0.05) is 19.3 Å². The minimum Gasteiger partial charge on any atom is -0.347 e. The highest BCUT2D eigenvalue weighted by Gasteiger charge is 2.40. The van der Waals surface area contributed by atoms with E-state index in [2.05, 4.69) is 42.8 Å². The summed E-state index contributed by atoms with van der Waals surface area (Å²) in [6, 6.07) is 0. The zero-order valence-corrected chi connectivity index (χ0v) is 12.7. The van der Waals surface area contributed by atoms with Crippen molar-refractivity contribution < 1.29 is 0 Å². The summed E-state index contributed by atoms with van der Waals surface area (Å²) >= 11 is 2.36. The van der Waals surface area contributed by atoms with Crippen molar-refractivity contribution in [2.24, 2.45) is 0 Å². The Hall–Kier alpha value is -0.430. The predicted octanol–water partition coefficient (Wildman–Crippen LogP) is 2.19. The zero-order chi connectivity index (χ0) is 12.4. The van der Waals surface area contributed by atoms with E-state index in [0.29, 0.717) is 5.54 Å². The number of piperazine rings is 1. The van der Waals surface area contributed by atoms with Crippen molar-refractivity contribution in [1.82, 2.24) is 15.3 Å². The first-order valence-corrected chi connectivity index (χ1v) is 7.84. The first-order valence-electron chi connectivity index (χ1n) is 6.76. The zero-order valence-electron chi connectivity index (χ0n) is 10.5. The first-order chi connectivity index (χ1) is 8.82. The molecule has 0 amide bonds. The Labute approximate surface area is 122 Å². The van der Waals surface area contributed by atoms with Gasteiger partial charge in [0.1, 0.15) is 12.1 Å². The van der Waals surface area contributed by atoms with Gasteiger partial charge >= 0.3 is 0 Å². The number of nitrogens with zero attached hydrogens (tertiary/aromatic N) is 3. The second kappa shape index (κ2) is 5.28. The van der Waals surface area contributed by atoms with Gasteiger partial charge in [-0.05, 0) is 35.4 Å². The highest BCUT2D eigenvalue weighted by atomic mass is 127. The average molecular weight is 358 g/mol. The molecular formula is C13H19IN4. The molecule has 2 fully saturated rings. The van der Waals surface area contributed by atoms with Crippen LogP contribution in [0.3, 0.4) is 0 Å². The molecule has 0 radical (unpaired) electrons. The summed E-state index contributed by atoms with van der Waals surface area (Å²) in [5.41, 5.74) is 0.296. The van der Waals surface area contributed by atoms with E-state index in [9.17, 15) is 0 Å². The third-order valence-corrected chi connectivity index (χ3v) is 4.99. The van der Waals surface area contributed by atoms with Gasteiger partial charge in [0.25, 0.3) is 0 Å². The molecule has 0 atom stereocenters. The molecule has 1 saturated carbocycles. The fraction of sp³-hybridized carbons (Fsp3) is 0.692. The first kappa shape index (κ1) is 12.6. The molecular weight excluding hydrogens is 339 g/mol. The number of hydrogen-bond donors (Lipinski definition) is 1. The number of halogens is 1. The fourth-order valence-electron chi connectivity index (χ4n) is 3.34. The Morgan fingerprint density at radius 2 is 2.11 bits per heavy atom. The van der Waals surface area contributed by atoms with Gasteiger partial charge in [-0.25, -0.2) is 9.97 Å². The lowest BCUT2D eigenvalue weighted by atomic mass is 9.79. The maximum atomic E-state index is 4.53. The van der Waals surface area contributed by atoms with Crippen LogP contribution in [0.5, 0.6) is 0 Å². The maximum absolute atomic E-state index is 4.53. The summed E-state index contributed by atoms with van der Waals surface area (Å²) < 4.78 is 1.17. The number of anilines is 1. The molecule has 1 saturated heterocycles. The minimum absolute atomic E-state index is 0.296. The van der Waals surface area contributed by atoms with Crippen LogP contribution >= 0.6 is 22.6 Å². The van der Waals surface area contributed by atoms with Gasteiger partial charge in [0.05, 0.1) is 9.11 Å². The van der Waals surface area contributed by atoms with Crippen molar-refractivity contribution in [3.63, 3.8) is 0 Å². The van der Waals surface area contributed by atoms with Crippen LogP contribution in [-0.2, 0) is 0 Å². The molecule has 1 N–H and O–H groups in total. The van der Waals surface area contributed by atoms with Crippen LogP contribution in [0.1, 0.15) is 32.1 Å². The topological polar surface area (TPSA) is 41.1 Å². The van der Waals surface area contributed by atoms with Gasteiger partial charge in [-0.15, -0.1) is 0 Å². The number of rotatable bonds is 1. The molecule has 1 aliphatic carbocycles. The molecule has 1 aliphatic heterocycles. The molecule has 0 aromatic carbocycles. The fourth-order valence-corrected chi connectivity index (χ4v) is 3.93. The maximum Gasteiger partial charge on any atom is 0.146 e. The van der Waals surface area contributed by atoms with Gasteiger partial charge in [-0.2, -0.15) is 0 Å². The van der Waals surface area contributed by atoms with E-state index in [1.807, 2.05) is 6.20 Å². The van der Waals surface area contributed by atoms with Crippen molar-refractivity contribution in [3.8, 4) is 0 Å². The SMILES string of the molecule is Ic1cncnc1N1CCNCC12CCCCC2. The van der Waals surface area contributed by atoms with E-state index < -0.39 is 0 Å². The third kappa shape index (κ3) is 2.22.